The minimum atomic E-state index is -1.10. The van der Waals surface area contributed by atoms with E-state index in [1.165, 1.54) is 12.7 Å². The maximum atomic E-state index is 13.6. The van der Waals surface area contributed by atoms with E-state index in [1.54, 1.807) is 7.11 Å². The van der Waals surface area contributed by atoms with Gasteiger partial charge in [-0.2, -0.15) is 0 Å². The fourth-order valence-electron chi connectivity index (χ4n) is 7.49. The van der Waals surface area contributed by atoms with Crippen molar-refractivity contribution in [3.63, 3.8) is 0 Å². The second kappa shape index (κ2) is 5.33. The van der Waals surface area contributed by atoms with Crippen LogP contribution < -0.4 is 10.1 Å². The molecule has 4 heterocycles. The summed E-state index contributed by atoms with van der Waals surface area (Å²) in [6, 6.07) is 6.07. The summed E-state index contributed by atoms with van der Waals surface area (Å²) in [4.78, 5) is 16.0. The lowest BCUT2D eigenvalue weighted by atomic mass is 9.42. The van der Waals surface area contributed by atoms with E-state index in [-0.39, 0.29) is 30.8 Å². The summed E-state index contributed by atoms with van der Waals surface area (Å²) < 4.78 is 17.5. The number of aliphatic hydroxyl groups excluding tert-OH is 1. The topological polar surface area (TPSA) is 80.3 Å². The van der Waals surface area contributed by atoms with Gasteiger partial charge in [0.1, 0.15) is 17.4 Å². The van der Waals surface area contributed by atoms with Crippen LogP contribution in [-0.2, 0) is 19.7 Å². The molecule has 1 spiro atoms. The summed E-state index contributed by atoms with van der Waals surface area (Å²) in [6.07, 6.45) is 3.42. The number of allylic oxidation sites excluding steroid dienone is 1. The minimum Gasteiger partial charge on any atom is -0.497 e. The van der Waals surface area contributed by atoms with Gasteiger partial charge in [0.15, 0.2) is 5.72 Å². The number of benzene rings is 1. The van der Waals surface area contributed by atoms with Crippen LogP contribution in [0.15, 0.2) is 29.8 Å². The van der Waals surface area contributed by atoms with E-state index in [0.717, 1.165) is 30.0 Å². The number of fused-ring (bicyclic) bond motifs is 4. The van der Waals surface area contributed by atoms with Gasteiger partial charge in [0.25, 0.3) is 0 Å². The first kappa shape index (κ1) is 17.7. The molecule has 5 aliphatic rings. The lowest BCUT2D eigenvalue weighted by Gasteiger charge is -2.64. The molecule has 6 rings (SSSR count). The van der Waals surface area contributed by atoms with Crippen molar-refractivity contribution in [1.82, 2.24) is 4.90 Å². The molecule has 4 fully saturated rings. The van der Waals surface area contributed by atoms with E-state index in [9.17, 15) is 9.90 Å². The molecule has 3 saturated heterocycles. The molecule has 29 heavy (non-hydrogen) atoms. The third kappa shape index (κ3) is 1.58. The molecule has 6 atom stereocenters. The first-order chi connectivity index (χ1) is 14.0. The Bertz CT molecular complexity index is 963. The molecule has 0 aromatic heterocycles. The van der Waals surface area contributed by atoms with E-state index in [4.69, 9.17) is 14.2 Å². The van der Waals surface area contributed by atoms with Gasteiger partial charge < -0.3 is 24.6 Å². The van der Waals surface area contributed by atoms with E-state index >= 15 is 0 Å². The number of ether oxygens (including phenoxy) is 3. The molecule has 4 bridgehead atoms. The van der Waals surface area contributed by atoms with Gasteiger partial charge in [-0.25, -0.2) is 0 Å². The van der Waals surface area contributed by atoms with E-state index in [0.29, 0.717) is 6.42 Å². The Hall–Kier alpha value is -2.09. The number of carbonyl (C=O) groups is 1. The molecule has 0 amide bonds. The van der Waals surface area contributed by atoms with Crippen molar-refractivity contribution >= 4 is 11.7 Å². The van der Waals surface area contributed by atoms with Crippen LogP contribution in [0.25, 0.3) is 0 Å². The molecule has 7 heteroatoms. The summed E-state index contributed by atoms with van der Waals surface area (Å²) in [5.41, 5.74) is 0.568. The van der Waals surface area contributed by atoms with E-state index in [1.807, 2.05) is 25.1 Å². The molecule has 7 nitrogen and oxygen atoms in total. The van der Waals surface area contributed by atoms with Crippen molar-refractivity contribution in [3.05, 3.63) is 35.4 Å². The molecule has 2 N–H and O–H groups in total. The van der Waals surface area contributed by atoms with Gasteiger partial charge in [-0.3, -0.25) is 9.69 Å². The number of hydrogen-bond donors (Lipinski definition) is 2. The molecule has 1 saturated carbocycles. The molecule has 1 aromatic carbocycles. The number of nitrogens with zero attached hydrogens (tertiary/aromatic N) is 1. The maximum absolute atomic E-state index is 13.6. The lowest BCUT2D eigenvalue weighted by molar-refractivity contribution is -0.191. The molecular formula is C22H26N2O5. The number of rotatable bonds is 3. The Morgan fingerprint density at radius 1 is 1.45 bits per heavy atom. The van der Waals surface area contributed by atoms with Crippen molar-refractivity contribution in [2.45, 2.75) is 43.2 Å². The molecule has 0 radical (unpaired) electrons. The standard InChI is InChI=1S/C22H26N2O5/c1-4-12-10-24-17-8-15(12)20(11-25,19(26)28-3)21-9-18(24)29-22(17,21)23-16-7-13(27-2)5-6-14(16)21/h4-7,15,17-18,23,25H,8-11H2,1-3H3/b12-4-/t15-,17-,18-,20-,21-,22-/m0/s1. The van der Waals surface area contributed by atoms with Crippen LogP contribution >= 0.6 is 0 Å². The maximum Gasteiger partial charge on any atom is 0.315 e. The van der Waals surface area contributed by atoms with Crippen LogP contribution in [0.1, 0.15) is 25.3 Å². The number of piperidine rings is 2. The summed E-state index contributed by atoms with van der Waals surface area (Å²) in [5, 5.41) is 14.6. The van der Waals surface area contributed by atoms with Gasteiger partial charge in [0, 0.05) is 30.6 Å². The SMILES string of the molecule is C/C=C1/CN2[C@@H]3C[C@@]45c6ccc(OC)cc6N[C@]4(O3)[C@@H]2C[C@@H]1[C@@]5(CO)C(=O)OC. The Morgan fingerprint density at radius 3 is 2.97 bits per heavy atom. The first-order valence-corrected chi connectivity index (χ1v) is 10.3. The van der Waals surface area contributed by atoms with Crippen LogP contribution in [0.4, 0.5) is 5.69 Å². The molecule has 4 aliphatic heterocycles. The van der Waals surface area contributed by atoms with Crippen LogP contribution in [0.2, 0.25) is 0 Å². The van der Waals surface area contributed by atoms with Gasteiger partial charge in [0.05, 0.1) is 32.3 Å². The highest BCUT2D eigenvalue weighted by Gasteiger charge is 2.87. The Morgan fingerprint density at radius 2 is 2.28 bits per heavy atom. The highest BCUT2D eigenvalue weighted by molar-refractivity contribution is 5.86. The third-order valence-electron chi connectivity index (χ3n) is 8.48. The van der Waals surface area contributed by atoms with E-state index in [2.05, 4.69) is 16.3 Å². The van der Waals surface area contributed by atoms with Crippen LogP contribution in [0, 0.1) is 11.3 Å². The number of methoxy groups -OCH3 is 2. The zero-order valence-corrected chi connectivity index (χ0v) is 16.9. The number of nitrogens with one attached hydrogen (secondary N) is 1. The fourth-order valence-corrected chi connectivity index (χ4v) is 7.49. The van der Waals surface area contributed by atoms with Gasteiger partial charge in [-0.15, -0.1) is 0 Å². The summed E-state index contributed by atoms with van der Waals surface area (Å²) >= 11 is 0. The highest BCUT2D eigenvalue weighted by atomic mass is 16.6. The van der Waals surface area contributed by atoms with Crippen LogP contribution in [0.3, 0.4) is 0 Å². The first-order valence-electron chi connectivity index (χ1n) is 10.3. The molecular weight excluding hydrogens is 372 g/mol. The number of carbonyl (C=O) groups excluding carboxylic acids is 1. The Kier molecular flexibility index (Phi) is 3.26. The quantitative estimate of drug-likeness (QED) is 0.592. The minimum absolute atomic E-state index is 0.0863. The average molecular weight is 398 g/mol. The predicted octanol–water partition coefficient (Wildman–Crippen LogP) is 1.62. The van der Waals surface area contributed by atoms with E-state index < -0.39 is 16.6 Å². The molecule has 1 aliphatic carbocycles. The van der Waals surface area contributed by atoms with Gasteiger partial charge in [-0.1, -0.05) is 17.7 Å². The second-order valence-electron chi connectivity index (χ2n) is 8.92. The second-order valence-corrected chi connectivity index (χ2v) is 8.92. The number of hydrogen-bond acceptors (Lipinski definition) is 7. The zero-order valence-electron chi connectivity index (χ0n) is 16.9. The van der Waals surface area contributed by atoms with Crippen LogP contribution in [-0.4, -0.2) is 61.3 Å². The third-order valence-corrected chi connectivity index (χ3v) is 8.48. The van der Waals surface area contributed by atoms with Crippen molar-refractivity contribution in [1.29, 1.82) is 0 Å². The van der Waals surface area contributed by atoms with Gasteiger partial charge in [0.2, 0.25) is 0 Å². The van der Waals surface area contributed by atoms with Gasteiger partial charge >= 0.3 is 5.97 Å². The number of aliphatic hydroxyl groups is 1. The molecule has 0 unspecified atom stereocenters. The summed E-state index contributed by atoms with van der Waals surface area (Å²) in [7, 11) is 3.07. The molecule has 154 valence electrons. The van der Waals surface area contributed by atoms with Crippen molar-refractivity contribution < 1.29 is 24.1 Å². The monoisotopic (exact) mass is 398 g/mol. The van der Waals surface area contributed by atoms with Crippen molar-refractivity contribution in [2.75, 3.05) is 32.7 Å². The predicted molar refractivity (Wildman–Crippen MR) is 104 cm³/mol. The fraction of sp³-hybridized carbons (Fsp3) is 0.591. The smallest absolute Gasteiger partial charge is 0.315 e. The Balaban J connectivity index is 1.70. The zero-order chi connectivity index (χ0) is 20.2. The summed E-state index contributed by atoms with van der Waals surface area (Å²) in [5.74, 6) is 0.312. The summed E-state index contributed by atoms with van der Waals surface area (Å²) in [6.45, 7) is 2.50. The normalized spacial score (nSPS) is 44.6. The number of anilines is 1. The lowest BCUT2D eigenvalue weighted by Crippen LogP contribution is -2.78. The van der Waals surface area contributed by atoms with Crippen LogP contribution in [0.5, 0.6) is 5.75 Å². The average Bonchev–Trinajstić information content (AvgIpc) is 3.35. The van der Waals surface area contributed by atoms with Gasteiger partial charge in [-0.05, 0) is 25.0 Å². The number of esters is 1. The highest BCUT2D eigenvalue weighted by Crippen LogP contribution is 2.76. The Labute approximate surface area is 169 Å². The largest absolute Gasteiger partial charge is 0.497 e. The van der Waals surface area contributed by atoms with Crippen molar-refractivity contribution in [3.8, 4) is 5.75 Å². The van der Waals surface area contributed by atoms with Crippen molar-refractivity contribution in [2.24, 2.45) is 11.3 Å². The molecule has 1 aromatic rings.